The smallest absolute Gasteiger partial charge is 0.225 e. The second-order valence-corrected chi connectivity index (χ2v) is 7.04. The largest absolute Gasteiger partial charge is 0.370 e. The highest BCUT2D eigenvalue weighted by Gasteiger charge is 2.31. The van der Waals surface area contributed by atoms with Gasteiger partial charge in [-0.1, -0.05) is 0 Å². The maximum Gasteiger partial charge on any atom is 0.225 e. The molecule has 1 saturated carbocycles. The zero-order valence-electron chi connectivity index (χ0n) is 14.9. The van der Waals surface area contributed by atoms with Gasteiger partial charge in [0.05, 0.1) is 6.04 Å². The maximum absolute atomic E-state index is 13.3. The van der Waals surface area contributed by atoms with Crippen LogP contribution in [0.2, 0.25) is 0 Å². The third kappa shape index (κ3) is 3.99. The van der Waals surface area contributed by atoms with E-state index in [1.807, 2.05) is 0 Å². The zero-order chi connectivity index (χ0) is 18.8. The van der Waals surface area contributed by atoms with Crippen molar-refractivity contribution < 1.29 is 8.78 Å². The van der Waals surface area contributed by atoms with Crippen LogP contribution in [0.15, 0.2) is 41.7 Å². The summed E-state index contributed by atoms with van der Waals surface area (Å²) in [7, 11) is 0. The number of nitrogens with zero attached hydrogens (tertiary/aromatic N) is 5. The monoisotopic (exact) mass is 372 g/mol. The standard InChI is InChI=1S/C19H22F2N6/c20-15-8-13(9-16(21)12-15)14-10-17(11-14)25-18(22)26-4-6-27(7-5-26)19-23-2-1-3-24-19/h1-3,8-9,12,14,17H,4-7,10-11H2,(H2,22,25). The molecule has 1 aromatic heterocycles. The highest BCUT2D eigenvalue weighted by atomic mass is 19.1. The Morgan fingerprint density at radius 1 is 1.00 bits per heavy atom. The fraction of sp³-hybridized carbons (Fsp3) is 0.421. The SMILES string of the molecule is NC(=NC1CC(c2cc(F)cc(F)c2)C1)N1CCN(c2ncccn2)CC1. The summed E-state index contributed by atoms with van der Waals surface area (Å²) >= 11 is 0. The molecule has 1 saturated heterocycles. The maximum atomic E-state index is 13.3. The van der Waals surface area contributed by atoms with E-state index in [9.17, 15) is 8.78 Å². The van der Waals surface area contributed by atoms with Gasteiger partial charge in [0.25, 0.3) is 0 Å². The van der Waals surface area contributed by atoms with Crippen molar-refractivity contribution in [3.8, 4) is 0 Å². The lowest BCUT2D eigenvalue weighted by atomic mass is 9.76. The summed E-state index contributed by atoms with van der Waals surface area (Å²) in [6.45, 7) is 3.10. The molecule has 0 atom stereocenters. The van der Waals surface area contributed by atoms with Crippen LogP contribution < -0.4 is 10.6 Å². The number of hydrogen-bond donors (Lipinski definition) is 1. The normalized spacial score (nSPS) is 23.3. The predicted molar refractivity (Wildman–Crippen MR) is 99.6 cm³/mol. The predicted octanol–water partition coefficient (Wildman–Crippen LogP) is 2.14. The van der Waals surface area contributed by atoms with Crippen LogP contribution in [0.3, 0.4) is 0 Å². The highest BCUT2D eigenvalue weighted by molar-refractivity contribution is 5.78. The molecule has 27 heavy (non-hydrogen) atoms. The van der Waals surface area contributed by atoms with Crippen LogP contribution in [0.4, 0.5) is 14.7 Å². The van der Waals surface area contributed by atoms with E-state index in [1.54, 1.807) is 18.5 Å². The third-order valence-corrected chi connectivity index (χ3v) is 5.22. The minimum atomic E-state index is -0.531. The Morgan fingerprint density at radius 2 is 1.63 bits per heavy atom. The lowest BCUT2D eigenvalue weighted by Gasteiger charge is -2.37. The number of rotatable bonds is 3. The van der Waals surface area contributed by atoms with Gasteiger partial charge in [-0.2, -0.15) is 0 Å². The molecule has 0 radical (unpaired) electrons. The van der Waals surface area contributed by atoms with Crippen LogP contribution in [-0.4, -0.2) is 53.0 Å². The van der Waals surface area contributed by atoms with Crippen molar-refractivity contribution in [1.82, 2.24) is 14.9 Å². The van der Waals surface area contributed by atoms with Crippen molar-refractivity contribution in [3.63, 3.8) is 0 Å². The van der Waals surface area contributed by atoms with Gasteiger partial charge in [-0.25, -0.2) is 23.7 Å². The Kier molecular flexibility index (Phi) is 4.87. The number of hydrogen-bond acceptors (Lipinski definition) is 4. The van der Waals surface area contributed by atoms with E-state index in [0.717, 1.165) is 51.0 Å². The van der Waals surface area contributed by atoms with E-state index in [2.05, 4.69) is 24.8 Å². The molecule has 2 aromatic rings. The van der Waals surface area contributed by atoms with Crippen LogP contribution in [-0.2, 0) is 0 Å². The molecule has 2 fully saturated rings. The molecule has 0 spiro atoms. The number of piperazine rings is 1. The summed E-state index contributed by atoms with van der Waals surface area (Å²) in [4.78, 5) is 17.3. The summed E-state index contributed by atoms with van der Waals surface area (Å²) in [6.07, 6.45) is 5.01. The van der Waals surface area contributed by atoms with E-state index >= 15 is 0 Å². The fourth-order valence-electron chi connectivity index (χ4n) is 3.64. The molecule has 0 unspecified atom stereocenters. The van der Waals surface area contributed by atoms with Crippen molar-refractivity contribution in [3.05, 3.63) is 53.9 Å². The Hall–Kier alpha value is -2.77. The van der Waals surface area contributed by atoms with E-state index in [1.165, 1.54) is 12.1 Å². The molecule has 4 rings (SSSR count). The summed E-state index contributed by atoms with van der Waals surface area (Å²) < 4.78 is 26.7. The molecule has 1 aromatic carbocycles. The van der Waals surface area contributed by atoms with Gasteiger partial charge < -0.3 is 15.5 Å². The summed E-state index contributed by atoms with van der Waals surface area (Å²) in [5.74, 6) is 0.353. The first-order chi connectivity index (χ1) is 13.1. The number of halogens is 2. The molecule has 2 N–H and O–H groups in total. The number of guanidine groups is 1. The molecule has 1 aliphatic heterocycles. The van der Waals surface area contributed by atoms with Gasteiger partial charge in [-0.3, -0.25) is 0 Å². The van der Waals surface area contributed by atoms with E-state index in [-0.39, 0.29) is 12.0 Å². The lowest BCUT2D eigenvalue weighted by molar-refractivity contribution is 0.335. The molecular weight excluding hydrogens is 350 g/mol. The van der Waals surface area contributed by atoms with Crippen molar-refractivity contribution >= 4 is 11.9 Å². The Balaban J connectivity index is 1.29. The quantitative estimate of drug-likeness (QED) is 0.660. The van der Waals surface area contributed by atoms with Crippen molar-refractivity contribution in [2.75, 3.05) is 31.1 Å². The van der Waals surface area contributed by atoms with Gasteiger partial charge in [-0.15, -0.1) is 0 Å². The first-order valence-corrected chi connectivity index (χ1v) is 9.14. The average molecular weight is 372 g/mol. The molecule has 6 nitrogen and oxygen atoms in total. The minimum Gasteiger partial charge on any atom is -0.370 e. The summed E-state index contributed by atoms with van der Waals surface area (Å²) in [5.41, 5.74) is 6.88. The molecule has 8 heteroatoms. The van der Waals surface area contributed by atoms with E-state index in [4.69, 9.17) is 5.73 Å². The number of aliphatic imine (C=N–C) groups is 1. The second-order valence-electron chi connectivity index (χ2n) is 7.04. The van der Waals surface area contributed by atoms with Crippen LogP contribution in [0, 0.1) is 11.6 Å². The minimum absolute atomic E-state index is 0.108. The van der Waals surface area contributed by atoms with Crippen LogP contribution in [0.1, 0.15) is 24.3 Å². The lowest BCUT2D eigenvalue weighted by Crippen LogP contribution is -2.52. The molecular formula is C19H22F2N6. The number of nitrogens with two attached hydrogens (primary N) is 1. The molecule has 0 amide bonds. The first kappa shape index (κ1) is 17.6. The summed E-state index contributed by atoms with van der Waals surface area (Å²) in [5, 5.41) is 0. The molecule has 2 heterocycles. The van der Waals surface area contributed by atoms with Crippen LogP contribution in [0.25, 0.3) is 0 Å². The fourth-order valence-corrected chi connectivity index (χ4v) is 3.64. The molecule has 1 aliphatic carbocycles. The van der Waals surface area contributed by atoms with Crippen LogP contribution >= 0.6 is 0 Å². The van der Waals surface area contributed by atoms with Gasteiger partial charge in [0.2, 0.25) is 5.95 Å². The Bertz CT molecular complexity index is 794. The Morgan fingerprint density at radius 3 is 2.26 bits per heavy atom. The number of anilines is 1. The second kappa shape index (κ2) is 7.46. The highest BCUT2D eigenvalue weighted by Crippen LogP contribution is 2.39. The van der Waals surface area contributed by atoms with Gasteiger partial charge in [0.15, 0.2) is 5.96 Å². The average Bonchev–Trinajstić information content (AvgIpc) is 2.64. The molecule has 0 bridgehead atoms. The van der Waals surface area contributed by atoms with Crippen LogP contribution in [0.5, 0.6) is 0 Å². The van der Waals surface area contributed by atoms with Crippen molar-refractivity contribution in [2.45, 2.75) is 24.8 Å². The van der Waals surface area contributed by atoms with Gasteiger partial charge in [0.1, 0.15) is 11.6 Å². The zero-order valence-corrected chi connectivity index (χ0v) is 14.9. The van der Waals surface area contributed by atoms with Gasteiger partial charge in [-0.05, 0) is 42.5 Å². The topological polar surface area (TPSA) is 70.6 Å². The Labute approximate surface area is 156 Å². The van der Waals surface area contributed by atoms with E-state index < -0.39 is 11.6 Å². The van der Waals surface area contributed by atoms with Gasteiger partial charge >= 0.3 is 0 Å². The number of aromatic nitrogens is 2. The molecule has 142 valence electrons. The van der Waals surface area contributed by atoms with Crippen molar-refractivity contribution in [2.24, 2.45) is 10.7 Å². The first-order valence-electron chi connectivity index (χ1n) is 9.14. The van der Waals surface area contributed by atoms with E-state index in [0.29, 0.717) is 11.5 Å². The third-order valence-electron chi connectivity index (χ3n) is 5.22. The number of benzene rings is 1. The molecule has 2 aliphatic rings. The van der Waals surface area contributed by atoms with Gasteiger partial charge in [0, 0.05) is 44.6 Å². The van der Waals surface area contributed by atoms with Crippen molar-refractivity contribution in [1.29, 1.82) is 0 Å². The summed E-state index contributed by atoms with van der Waals surface area (Å²) in [6, 6.07) is 5.62.